The Bertz CT molecular complexity index is 1150. The van der Waals surface area contributed by atoms with E-state index in [-0.39, 0.29) is 36.4 Å². The van der Waals surface area contributed by atoms with Gasteiger partial charge in [0.05, 0.1) is 57.7 Å². The van der Waals surface area contributed by atoms with Crippen molar-refractivity contribution in [3.05, 3.63) is 29.3 Å². The van der Waals surface area contributed by atoms with Crippen LogP contribution in [0.4, 0.5) is 4.79 Å². The van der Waals surface area contributed by atoms with Crippen LogP contribution in [0.5, 0.6) is 5.75 Å². The van der Waals surface area contributed by atoms with Gasteiger partial charge in [-0.1, -0.05) is 32.3 Å². The van der Waals surface area contributed by atoms with Crippen LogP contribution in [-0.4, -0.2) is 93.3 Å². The number of nitrogens with one attached hydrogen (secondary N) is 3. The third kappa shape index (κ3) is 8.72. The quantitative estimate of drug-likeness (QED) is 0.141. The highest BCUT2D eigenvalue weighted by Crippen LogP contribution is 2.48. The lowest BCUT2D eigenvalue weighted by Crippen LogP contribution is -2.66. The maximum atomic E-state index is 14.4. The second-order valence-electron chi connectivity index (χ2n) is 11.8. The van der Waals surface area contributed by atoms with Gasteiger partial charge in [0.2, 0.25) is 10.8 Å². The van der Waals surface area contributed by atoms with Crippen LogP contribution in [0.2, 0.25) is 0 Å². The summed E-state index contributed by atoms with van der Waals surface area (Å²) < 4.78 is 22.6. The zero-order chi connectivity index (χ0) is 31.4. The van der Waals surface area contributed by atoms with Gasteiger partial charge in [0.15, 0.2) is 0 Å². The summed E-state index contributed by atoms with van der Waals surface area (Å²) in [5, 5.41) is 9.35. The van der Waals surface area contributed by atoms with Gasteiger partial charge in [-0.25, -0.2) is 4.79 Å². The summed E-state index contributed by atoms with van der Waals surface area (Å²) in [6.45, 7) is 7.97. The van der Waals surface area contributed by atoms with E-state index in [0.29, 0.717) is 52.7 Å². The van der Waals surface area contributed by atoms with Crippen LogP contribution in [0, 0.1) is 17.4 Å². The number of hydrogen-bond donors (Lipinski definition) is 3. The molecular formula is C31H49N6O6S+. The Hall–Kier alpha value is -2.70. The predicted molar refractivity (Wildman–Crippen MR) is 168 cm³/mol. The summed E-state index contributed by atoms with van der Waals surface area (Å²) in [7, 11) is 1.67. The van der Waals surface area contributed by atoms with Gasteiger partial charge in [0.25, 0.3) is 0 Å². The Morgan fingerprint density at radius 3 is 2.59 bits per heavy atom. The number of rotatable bonds is 16. The molecule has 1 saturated heterocycles. The smallest absolute Gasteiger partial charge is 0.315 e. The first-order valence-corrected chi connectivity index (χ1v) is 16.7. The van der Waals surface area contributed by atoms with Gasteiger partial charge in [-0.3, -0.25) is 4.79 Å². The summed E-state index contributed by atoms with van der Waals surface area (Å²) in [5.41, 5.74) is 9.00. The molecule has 2 heterocycles. The number of methoxy groups -OCH3 is 1. The maximum absolute atomic E-state index is 14.4. The van der Waals surface area contributed by atoms with Gasteiger partial charge < -0.3 is 34.5 Å². The van der Waals surface area contributed by atoms with E-state index in [1.165, 1.54) is 12.0 Å². The maximum Gasteiger partial charge on any atom is 0.315 e. The van der Waals surface area contributed by atoms with Crippen molar-refractivity contribution in [2.24, 2.45) is 17.0 Å². The second-order valence-corrected chi connectivity index (χ2v) is 13.2. The van der Waals surface area contributed by atoms with E-state index in [1.54, 1.807) is 18.9 Å². The minimum atomic E-state index is -0.551. The lowest BCUT2D eigenvalue weighted by Gasteiger charge is -2.50. The Morgan fingerprint density at radius 1 is 1.14 bits per heavy atom. The average molecular weight is 634 g/mol. The van der Waals surface area contributed by atoms with E-state index in [4.69, 9.17) is 24.5 Å². The Morgan fingerprint density at radius 2 is 1.86 bits per heavy atom. The number of fused-ring (bicyclic) bond motifs is 1. The molecule has 4 rings (SSSR count). The van der Waals surface area contributed by atoms with Crippen LogP contribution < -0.4 is 20.3 Å². The lowest BCUT2D eigenvalue weighted by atomic mass is 9.78. The first-order valence-electron chi connectivity index (χ1n) is 15.9. The molecule has 244 valence electrons. The molecule has 1 saturated carbocycles. The van der Waals surface area contributed by atoms with E-state index < -0.39 is 10.1 Å². The normalized spacial score (nSPS) is 24.4. The van der Waals surface area contributed by atoms with Crippen molar-refractivity contribution in [2.45, 2.75) is 68.5 Å². The number of amides is 3. The number of urea groups is 1. The molecule has 1 aromatic rings. The van der Waals surface area contributed by atoms with Crippen LogP contribution in [-0.2, 0) is 25.4 Å². The number of ether oxygens (including phenoxy) is 4. The van der Waals surface area contributed by atoms with Crippen LogP contribution >= 0.6 is 11.8 Å². The largest absolute Gasteiger partial charge is 0.497 e. The van der Waals surface area contributed by atoms with Crippen molar-refractivity contribution in [1.82, 2.24) is 20.4 Å². The summed E-state index contributed by atoms with van der Waals surface area (Å²) >= 11 is 1.61. The number of thioether (sulfide) groups is 1. The summed E-state index contributed by atoms with van der Waals surface area (Å²) in [4.78, 5) is 31.6. The fraction of sp³-hybridized carbons (Fsp3) is 0.742. The highest BCUT2D eigenvalue weighted by Gasteiger charge is 2.50. The van der Waals surface area contributed by atoms with Gasteiger partial charge in [0, 0.05) is 19.0 Å². The topological polar surface area (TPSA) is 149 Å². The molecule has 2 unspecified atom stereocenters. The van der Waals surface area contributed by atoms with Crippen molar-refractivity contribution in [1.29, 1.82) is 5.53 Å². The molecule has 3 amide bonds. The van der Waals surface area contributed by atoms with E-state index in [2.05, 4.69) is 46.6 Å². The van der Waals surface area contributed by atoms with E-state index in [9.17, 15) is 9.59 Å². The van der Waals surface area contributed by atoms with Crippen molar-refractivity contribution >= 4 is 23.7 Å². The first-order chi connectivity index (χ1) is 21.4. The Balaban J connectivity index is 1.45. The molecule has 1 aromatic carbocycles. The lowest BCUT2D eigenvalue weighted by molar-refractivity contribution is -0.134. The van der Waals surface area contributed by atoms with Gasteiger partial charge in [-0.05, 0) is 55.4 Å². The van der Waals surface area contributed by atoms with E-state index in [0.717, 1.165) is 43.4 Å². The second kappa shape index (κ2) is 17.1. The molecule has 2 fully saturated rings. The molecule has 0 bridgehead atoms. The predicted octanol–water partition coefficient (Wildman–Crippen LogP) is 4.07. The number of carbonyl (C=O) groups excluding carboxylic acids is 2. The third-order valence-corrected chi connectivity index (χ3v) is 10.9. The Labute approximate surface area is 264 Å². The van der Waals surface area contributed by atoms with Crippen molar-refractivity contribution < 1.29 is 28.5 Å². The third-order valence-electron chi connectivity index (χ3n) is 9.03. The van der Waals surface area contributed by atoms with Crippen LogP contribution in [0.25, 0.3) is 0 Å². The molecule has 12 nitrogen and oxygen atoms in total. The average Bonchev–Trinajstić information content (AvgIpc) is 3.04. The highest BCUT2D eigenvalue weighted by atomic mass is 32.2. The molecule has 0 spiro atoms. The molecule has 3 N–H and O–H groups in total. The Kier molecular flexibility index (Phi) is 13.3. The number of hydrogen-bond acceptors (Lipinski definition) is 9. The summed E-state index contributed by atoms with van der Waals surface area (Å²) in [5.74, 6) is 1.29. The fourth-order valence-electron chi connectivity index (χ4n) is 6.62. The molecule has 1 aliphatic carbocycles. The summed E-state index contributed by atoms with van der Waals surface area (Å²) in [6, 6.07) is 5.84. The molecule has 3 aliphatic rings. The van der Waals surface area contributed by atoms with Crippen LogP contribution in [0.3, 0.4) is 0 Å². The van der Waals surface area contributed by atoms with Gasteiger partial charge in [-0.2, -0.15) is 0 Å². The molecular weight excluding hydrogens is 584 g/mol. The van der Waals surface area contributed by atoms with Crippen molar-refractivity contribution in [2.75, 3.05) is 66.4 Å². The minimum Gasteiger partial charge on any atom is -0.497 e. The number of nitrogens with zero attached hydrogens (tertiary/aromatic N) is 3. The van der Waals surface area contributed by atoms with E-state index in [1.807, 2.05) is 11.0 Å². The van der Waals surface area contributed by atoms with Crippen LogP contribution in [0.1, 0.15) is 63.1 Å². The van der Waals surface area contributed by atoms with Gasteiger partial charge >= 0.3 is 6.03 Å². The minimum absolute atomic E-state index is 0.0401. The van der Waals surface area contributed by atoms with Crippen LogP contribution in [0.15, 0.2) is 23.3 Å². The molecule has 44 heavy (non-hydrogen) atoms. The highest BCUT2D eigenvalue weighted by molar-refractivity contribution is 8.02. The molecule has 2 aliphatic heterocycles. The zero-order valence-electron chi connectivity index (χ0n) is 26.3. The monoisotopic (exact) mass is 633 g/mol. The van der Waals surface area contributed by atoms with Gasteiger partial charge in [0.1, 0.15) is 28.2 Å². The zero-order valence-corrected chi connectivity index (χ0v) is 27.2. The van der Waals surface area contributed by atoms with Gasteiger partial charge in [-0.15, -0.1) is 11.8 Å². The van der Waals surface area contributed by atoms with E-state index >= 15 is 0 Å². The molecule has 0 radical (unpaired) electrons. The SMILES string of the molecule is COc1ccc2c(c1)CCN(C(=O)[C@H](COCCOCCOCCN=[N+]=N)SC1(C3CCCCC3)NC(=O)NCC1C)[C@@H]2C. The summed E-state index contributed by atoms with van der Waals surface area (Å²) in [6.07, 6.45) is 6.31. The standard InChI is InChI=1S/C31H48N6O6S/c1-22-20-33-30(39)35-31(22,25-7-5-4-6-8-25)44-28(21-43-18-17-42-16-15-41-14-12-34-36-32)29(38)37-13-11-24-19-26(40-3)9-10-27(24)23(37)2/h9-10,19,22-23,25,28,32H,4-8,11-18,20-21H2,1-3H3,(H-,33,35,39)/p+1/t22?,23-,28+,31?/m1/s1. The first kappa shape index (κ1) is 34.2. The molecule has 0 aromatic heterocycles. The number of carbonyl (C=O) groups is 2. The van der Waals surface area contributed by atoms with Crippen molar-refractivity contribution in [3.63, 3.8) is 0 Å². The number of benzene rings is 1. The van der Waals surface area contributed by atoms with Crippen molar-refractivity contribution in [3.8, 4) is 5.75 Å². The molecule has 13 heteroatoms. The fourth-order valence-corrected chi connectivity index (χ4v) is 8.38. The molecule has 4 atom stereocenters.